The van der Waals surface area contributed by atoms with E-state index < -0.39 is 10.0 Å². The average molecular weight is 436 g/mol. The molecule has 1 aromatic heterocycles. The van der Waals surface area contributed by atoms with Gasteiger partial charge in [0.1, 0.15) is 4.88 Å². The Balaban J connectivity index is 1.95. The predicted molar refractivity (Wildman–Crippen MR) is 119 cm³/mol. The second kappa shape index (κ2) is 8.45. The van der Waals surface area contributed by atoms with Crippen LogP contribution in [0, 0.1) is 20.8 Å². The van der Waals surface area contributed by atoms with Crippen LogP contribution in [0.4, 0.5) is 5.69 Å². The van der Waals surface area contributed by atoms with Crippen LogP contribution in [0.3, 0.4) is 0 Å². The molecule has 158 valence electrons. The van der Waals surface area contributed by atoms with Gasteiger partial charge in [-0.05, 0) is 63.4 Å². The van der Waals surface area contributed by atoms with Crippen molar-refractivity contribution in [3.05, 3.63) is 45.1 Å². The maximum atomic E-state index is 13.4. The summed E-state index contributed by atoms with van der Waals surface area (Å²) in [5.41, 5.74) is 2.90. The van der Waals surface area contributed by atoms with E-state index in [2.05, 4.69) is 11.9 Å². The first-order valence-electron chi connectivity index (χ1n) is 9.75. The fourth-order valence-electron chi connectivity index (χ4n) is 3.94. The zero-order valence-corrected chi connectivity index (χ0v) is 19.4. The molecule has 0 N–H and O–H groups in total. The van der Waals surface area contributed by atoms with Crippen LogP contribution >= 0.6 is 11.3 Å². The summed E-state index contributed by atoms with van der Waals surface area (Å²) in [5.74, 6) is -0.0929. The normalized spacial score (nSPS) is 16.0. The summed E-state index contributed by atoms with van der Waals surface area (Å²) in [5, 5.41) is 1.79. The van der Waals surface area contributed by atoms with E-state index in [9.17, 15) is 13.2 Å². The third-order valence-electron chi connectivity index (χ3n) is 5.41. The third kappa shape index (κ3) is 4.34. The first-order valence-corrected chi connectivity index (χ1v) is 12.1. The number of carbonyl (C=O) groups is 1. The van der Waals surface area contributed by atoms with Crippen molar-refractivity contribution in [3.8, 4) is 0 Å². The van der Waals surface area contributed by atoms with E-state index in [1.54, 1.807) is 11.4 Å². The lowest BCUT2D eigenvalue weighted by atomic mass is 10.1. The quantitative estimate of drug-likeness (QED) is 0.740. The number of likely N-dealkylation sites (N-methyl/N-ethyl adjacent to an activating group) is 1. The number of nitrogens with zero attached hydrogens (tertiary/aromatic N) is 3. The highest BCUT2D eigenvalue weighted by Gasteiger charge is 2.30. The molecule has 1 amide bonds. The summed E-state index contributed by atoms with van der Waals surface area (Å²) in [6.07, 6.45) is 0.916. The fourth-order valence-corrected chi connectivity index (χ4v) is 6.51. The molecule has 0 saturated carbocycles. The lowest BCUT2D eigenvalue weighted by molar-refractivity contribution is 0.0768. The number of carbonyl (C=O) groups excluding carboxylic acids is 1. The molecule has 0 atom stereocenters. The van der Waals surface area contributed by atoms with Crippen LogP contribution in [0.2, 0.25) is 0 Å². The number of rotatable bonds is 4. The Bertz CT molecular complexity index is 991. The molecule has 0 bridgehead atoms. The van der Waals surface area contributed by atoms with Crippen LogP contribution < -0.4 is 4.31 Å². The molecule has 0 unspecified atom stereocenters. The van der Waals surface area contributed by atoms with Crippen LogP contribution in [0.5, 0.6) is 0 Å². The van der Waals surface area contributed by atoms with Crippen LogP contribution in [0.1, 0.15) is 32.8 Å². The van der Waals surface area contributed by atoms with E-state index in [4.69, 9.17) is 0 Å². The van der Waals surface area contributed by atoms with Crippen molar-refractivity contribution in [1.29, 1.82) is 0 Å². The monoisotopic (exact) mass is 435 g/mol. The van der Waals surface area contributed by atoms with Gasteiger partial charge in [-0.15, -0.1) is 11.3 Å². The molecule has 2 heterocycles. The number of hydrogen-bond acceptors (Lipinski definition) is 5. The van der Waals surface area contributed by atoms with Crippen molar-refractivity contribution < 1.29 is 13.2 Å². The Morgan fingerprint density at radius 1 is 1.07 bits per heavy atom. The molecule has 0 spiro atoms. The second-order valence-electron chi connectivity index (χ2n) is 7.78. The third-order valence-corrected chi connectivity index (χ3v) is 8.38. The summed E-state index contributed by atoms with van der Waals surface area (Å²) in [4.78, 5) is 18.0. The molecule has 6 nitrogen and oxygen atoms in total. The Hall–Kier alpha value is -1.90. The summed E-state index contributed by atoms with van der Waals surface area (Å²) < 4.78 is 28.1. The van der Waals surface area contributed by atoms with Crippen molar-refractivity contribution in [2.75, 3.05) is 44.6 Å². The smallest absolute Gasteiger partial charge is 0.266 e. The van der Waals surface area contributed by atoms with E-state index in [1.165, 1.54) is 22.7 Å². The molecule has 1 fully saturated rings. The van der Waals surface area contributed by atoms with E-state index in [0.717, 1.165) is 25.1 Å². The minimum Gasteiger partial charge on any atom is -0.337 e. The number of benzene rings is 1. The van der Waals surface area contributed by atoms with E-state index >= 15 is 0 Å². The lowest BCUT2D eigenvalue weighted by Crippen LogP contribution is -2.35. The van der Waals surface area contributed by atoms with Gasteiger partial charge in [0.2, 0.25) is 0 Å². The molecule has 0 radical (unpaired) electrons. The van der Waals surface area contributed by atoms with Gasteiger partial charge in [0.05, 0.1) is 10.6 Å². The Kier molecular flexibility index (Phi) is 6.36. The first-order chi connectivity index (χ1) is 13.6. The van der Waals surface area contributed by atoms with Gasteiger partial charge in [0.25, 0.3) is 15.9 Å². The molecule has 0 aliphatic carbocycles. The maximum Gasteiger partial charge on any atom is 0.266 e. The van der Waals surface area contributed by atoms with Gasteiger partial charge in [-0.2, -0.15) is 0 Å². The Morgan fingerprint density at radius 3 is 2.38 bits per heavy atom. The molecule has 29 heavy (non-hydrogen) atoms. The molecular formula is C21H29N3O3S2. The van der Waals surface area contributed by atoms with Crippen molar-refractivity contribution in [1.82, 2.24) is 9.80 Å². The second-order valence-corrected chi connectivity index (χ2v) is 10.6. The number of anilines is 1. The van der Waals surface area contributed by atoms with Gasteiger partial charge < -0.3 is 9.80 Å². The van der Waals surface area contributed by atoms with Gasteiger partial charge in [-0.1, -0.05) is 17.7 Å². The summed E-state index contributed by atoms with van der Waals surface area (Å²) in [6, 6.07) is 5.47. The highest BCUT2D eigenvalue weighted by molar-refractivity contribution is 7.93. The van der Waals surface area contributed by atoms with E-state index in [1.807, 2.05) is 37.8 Å². The number of sulfonamides is 1. The molecule has 1 aliphatic heterocycles. The van der Waals surface area contributed by atoms with E-state index in [0.29, 0.717) is 39.7 Å². The van der Waals surface area contributed by atoms with Crippen molar-refractivity contribution in [3.63, 3.8) is 0 Å². The summed E-state index contributed by atoms with van der Waals surface area (Å²) in [6.45, 7) is 8.70. The van der Waals surface area contributed by atoms with Gasteiger partial charge in [-0.25, -0.2) is 8.42 Å². The molecule has 1 aliphatic rings. The minimum atomic E-state index is -3.78. The molecule has 8 heteroatoms. The first kappa shape index (κ1) is 21.8. The van der Waals surface area contributed by atoms with E-state index in [-0.39, 0.29) is 5.91 Å². The lowest BCUT2D eigenvalue weighted by Gasteiger charge is -2.25. The van der Waals surface area contributed by atoms with Gasteiger partial charge in [-0.3, -0.25) is 9.10 Å². The summed E-state index contributed by atoms with van der Waals surface area (Å²) in [7, 11) is -0.198. The van der Waals surface area contributed by atoms with Crippen LogP contribution in [0.15, 0.2) is 28.5 Å². The van der Waals surface area contributed by atoms with Gasteiger partial charge in [0, 0.05) is 26.7 Å². The van der Waals surface area contributed by atoms with Crippen molar-refractivity contribution in [2.24, 2.45) is 0 Å². The summed E-state index contributed by atoms with van der Waals surface area (Å²) >= 11 is 1.30. The van der Waals surface area contributed by atoms with Crippen molar-refractivity contribution in [2.45, 2.75) is 32.1 Å². The van der Waals surface area contributed by atoms with Gasteiger partial charge in [0.15, 0.2) is 0 Å². The Labute approximate surface area is 177 Å². The van der Waals surface area contributed by atoms with Crippen LogP contribution in [-0.4, -0.2) is 64.4 Å². The average Bonchev–Trinajstić information content (AvgIpc) is 3.01. The minimum absolute atomic E-state index is 0.0929. The van der Waals surface area contributed by atoms with Crippen molar-refractivity contribution >= 4 is 33.0 Å². The largest absolute Gasteiger partial charge is 0.337 e. The maximum absolute atomic E-state index is 13.4. The molecule has 3 rings (SSSR count). The molecular weight excluding hydrogens is 406 g/mol. The fraction of sp³-hybridized carbons (Fsp3) is 0.476. The number of amides is 1. The van der Waals surface area contributed by atoms with Crippen LogP contribution in [-0.2, 0) is 10.0 Å². The standard InChI is InChI=1S/C21H29N3O3S2/c1-15-13-16(2)20(17(3)14-15)29(26,27)23(5)18-7-12-28-19(18)21(25)24-9-6-8-22(4)10-11-24/h7,12-14H,6,8-11H2,1-5H3. The zero-order chi connectivity index (χ0) is 21.3. The van der Waals surface area contributed by atoms with Crippen LogP contribution in [0.25, 0.3) is 0 Å². The number of hydrogen-bond donors (Lipinski definition) is 0. The topological polar surface area (TPSA) is 60.9 Å². The Morgan fingerprint density at radius 2 is 1.72 bits per heavy atom. The highest BCUT2D eigenvalue weighted by atomic mass is 32.2. The molecule has 1 aromatic carbocycles. The zero-order valence-electron chi connectivity index (χ0n) is 17.7. The highest BCUT2D eigenvalue weighted by Crippen LogP contribution is 2.33. The predicted octanol–water partition coefficient (Wildman–Crippen LogP) is 3.28. The SMILES string of the molecule is Cc1cc(C)c(S(=O)(=O)N(C)c2ccsc2C(=O)N2CCCN(C)CC2)c(C)c1. The molecule has 1 saturated heterocycles. The number of thiophene rings is 1. The number of aryl methyl sites for hydroxylation is 3. The molecule has 2 aromatic rings. The van der Waals surface area contributed by atoms with Gasteiger partial charge >= 0.3 is 0 Å².